The van der Waals surface area contributed by atoms with Gasteiger partial charge in [0.25, 0.3) is 0 Å². The van der Waals surface area contributed by atoms with E-state index in [1.54, 1.807) is 16.1 Å². The molecule has 2 heterocycles. The Morgan fingerprint density at radius 2 is 1.48 bits per heavy atom. The molecule has 0 atom stereocenters. The standard InChI is InChI=1S/C18H24N2O/c1-2-16-5-7-17(8-6-16)14-19-9-11-20(12-10-19)15-18-4-3-13-21-18/h3-8,13H,2,9-12,14-15H2,1H3/p+2. The molecule has 1 aliphatic heterocycles. The molecule has 0 bridgehead atoms. The number of rotatable bonds is 5. The molecule has 0 amide bonds. The van der Waals surface area contributed by atoms with Gasteiger partial charge >= 0.3 is 0 Å². The normalized spacial score (nSPS) is 22.3. The lowest BCUT2D eigenvalue weighted by Gasteiger charge is -2.29. The lowest BCUT2D eigenvalue weighted by Crippen LogP contribution is -3.27. The highest BCUT2D eigenvalue weighted by atomic mass is 16.3. The quantitative estimate of drug-likeness (QED) is 0.812. The van der Waals surface area contributed by atoms with Crippen molar-refractivity contribution in [2.75, 3.05) is 26.2 Å². The van der Waals surface area contributed by atoms with E-state index in [-0.39, 0.29) is 0 Å². The summed E-state index contributed by atoms with van der Waals surface area (Å²) in [4.78, 5) is 3.36. The highest BCUT2D eigenvalue weighted by molar-refractivity contribution is 5.21. The van der Waals surface area contributed by atoms with Gasteiger partial charge in [0.05, 0.1) is 6.26 Å². The number of hydrogen-bond acceptors (Lipinski definition) is 1. The monoisotopic (exact) mass is 286 g/mol. The summed E-state index contributed by atoms with van der Waals surface area (Å²) < 4.78 is 5.45. The summed E-state index contributed by atoms with van der Waals surface area (Å²) in [5.74, 6) is 1.11. The van der Waals surface area contributed by atoms with E-state index in [0.717, 1.165) is 25.3 Å². The number of aryl methyl sites for hydroxylation is 1. The lowest BCUT2D eigenvalue weighted by molar-refractivity contribution is -1.02. The van der Waals surface area contributed by atoms with Gasteiger partial charge in [0.1, 0.15) is 39.3 Å². The molecule has 21 heavy (non-hydrogen) atoms. The molecule has 0 spiro atoms. The lowest BCUT2D eigenvalue weighted by atomic mass is 10.1. The predicted octanol–water partition coefficient (Wildman–Crippen LogP) is 0.326. The van der Waals surface area contributed by atoms with Gasteiger partial charge in [-0.15, -0.1) is 0 Å². The fraction of sp³-hybridized carbons (Fsp3) is 0.444. The molecule has 1 aromatic heterocycles. The van der Waals surface area contributed by atoms with Crippen molar-refractivity contribution in [3.05, 3.63) is 59.5 Å². The molecule has 3 heteroatoms. The van der Waals surface area contributed by atoms with Crippen molar-refractivity contribution in [1.82, 2.24) is 0 Å². The van der Waals surface area contributed by atoms with Crippen molar-refractivity contribution >= 4 is 0 Å². The Kier molecular flexibility index (Phi) is 4.73. The summed E-state index contributed by atoms with van der Waals surface area (Å²) in [6.45, 7) is 9.40. The van der Waals surface area contributed by atoms with Crippen LogP contribution >= 0.6 is 0 Å². The van der Waals surface area contributed by atoms with Gasteiger partial charge in [0.15, 0.2) is 5.76 Å². The number of furan rings is 1. The van der Waals surface area contributed by atoms with E-state index in [1.165, 1.54) is 37.3 Å². The van der Waals surface area contributed by atoms with Crippen molar-refractivity contribution < 1.29 is 14.2 Å². The molecule has 1 fully saturated rings. The zero-order chi connectivity index (χ0) is 14.5. The maximum absolute atomic E-state index is 5.45. The van der Waals surface area contributed by atoms with E-state index in [9.17, 15) is 0 Å². The largest absolute Gasteiger partial charge is 0.463 e. The number of nitrogens with one attached hydrogen (secondary N) is 2. The average Bonchev–Trinajstić information content (AvgIpc) is 3.03. The van der Waals surface area contributed by atoms with Crippen LogP contribution < -0.4 is 9.80 Å². The molecule has 2 aromatic rings. The average molecular weight is 286 g/mol. The third-order valence-electron chi connectivity index (χ3n) is 4.55. The molecule has 0 aliphatic carbocycles. The summed E-state index contributed by atoms with van der Waals surface area (Å²) in [6, 6.07) is 13.2. The second-order valence-electron chi connectivity index (χ2n) is 6.10. The summed E-state index contributed by atoms with van der Waals surface area (Å²) >= 11 is 0. The van der Waals surface area contributed by atoms with Crippen molar-refractivity contribution in [2.45, 2.75) is 26.4 Å². The molecule has 2 N–H and O–H groups in total. The van der Waals surface area contributed by atoms with Crippen molar-refractivity contribution in [3.8, 4) is 0 Å². The molecule has 1 aromatic carbocycles. The van der Waals surface area contributed by atoms with Crippen LogP contribution in [0.25, 0.3) is 0 Å². The minimum absolute atomic E-state index is 1.03. The second-order valence-corrected chi connectivity index (χ2v) is 6.10. The first-order valence-corrected chi connectivity index (χ1v) is 8.11. The number of hydrogen-bond donors (Lipinski definition) is 2. The van der Waals surface area contributed by atoms with Crippen LogP contribution in [0, 0.1) is 0 Å². The van der Waals surface area contributed by atoms with Crippen LogP contribution in [-0.2, 0) is 19.5 Å². The molecule has 0 saturated carbocycles. The fourth-order valence-electron chi connectivity index (χ4n) is 3.15. The van der Waals surface area contributed by atoms with Crippen LogP contribution in [0.2, 0.25) is 0 Å². The Balaban J connectivity index is 1.46. The van der Waals surface area contributed by atoms with Crippen LogP contribution in [0.1, 0.15) is 23.8 Å². The SMILES string of the molecule is CCc1ccc(C[NH+]2CC[NH+](Cc3ccco3)CC2)cc1. The Bertz CT molecular complexity index is 525. The van der Waals surface area contributed by atoms with Crippen LogP contribution in [0.15, 0.2) is 47.1 Å². The number of quaternary nitrogens is 2. The molecular formula is C18H26N2O+2. The first kappa shape index (κ1) is 14.4. The molecule has 0 unspecified atom stereocenters. The van der Waals surface area contributed by atoms with Gasteiger partial charge in [0, 0.05) is 5.56 Å². The first-order valence-electron chi connectivity index (χ1n) is 8.11. The van der Waals surface area contributed by atoms with E-state index in [0.29, 0.717) is 0 Å². The van der Waals surface area contributed by atoms with Gasteiger partial charge in [-0.05, 0) is 24.1 Å². The van der Waals surface area contributed by atoms with Crippen LogP contribution in [0.5, 0.6) is 0 Å². The Labute approximate surface area is 127 Å². The Morgan fingerprint density at radius 1 is 0.857 bits per heavy atom. The number of benzene rings is 1. The van der Waals surface area contributed by atoms with Gasteiger partial charge in [-0.2, -0.15) is 0 Å². The molecule has 112 valence electrons. The molecule has 0 radical (unpaired) electrons. The molecule has 1 saturated heterocycles. The van der Waals surface area contributed by atoms with E-state index in [1.807, 2.05) is 6.07 Å². The van der Waals surface area contributed by atoms with Crippen molar-refractivity contribution in [3.63, 3.8) is 0 Å². The summed E-state index contributed by atoms with van der Waals surface area (Å²) in [6.07, 6.45) is 2.90. The topological polar surface area (TPSA) is 22.0 Å². The maximum Gasteiger partial charge on any atom is 0.157 e. The van der Waals surface area contributed by atoms with E-state index in [4.69, 9.17) is 4.42 Å². The molecular weight excluding hydrogens is 260 g/mol. The second kappa shape index (κ2) is 6.92. The first-order chi connectivity index (χ1) is 10.3. The minimum Gasteiger partial charge on any atom is -0.463 e. The predicted molar refractivity (Wildman–Crippen MR) is 83.3 cm³/mol. The van der Waals surface area contributed by atoms with Crippen LogP contribution in [0.3, 0.4) is 0 Å². The van der Waals surface area contributed by atoms with Gasteiger partial charge in [0.2, 0.25) is 0 Å². The van der Waals surface area contributed by atoms with Crippen molar-refractivity contribution in [2.24, 2.45) is 0 Å². The molecule has 3 rings (SSSR count). The van der Waals surface area contributed by atoms with E-state index >= 15 is 0 Å². The maximum atomic E-state index is 5.45. The van der Waals surface area contributed by atoms with E-state index < -0.39 is 0 Å². The van der Waals surface area contributed by atoms with Gasteiger partial charge in [-0.25, -0.2) is 0 Å². The molecule has 1 aliphatic rings. The summed E-state index contributed by atoms with van der Waals surface area (Å²) in [5, 5.41) is 0. The zero-order valence-electron chi connectivity index (χ0n) is 12.9. The van der Waals surface area contributed by atoms with Crippen LogP contribution in [0.4, 0.5) is 0 Å². The Hall–Kier alpha value is -1.58. The van der Waals surface area contributed by atoms with Gasteiger partial charge < -0.3 is 14.2 Å². The van der Waals surface area contributed by atoms with Gasteiger partial charge in [-0.3, -0.25) is 0 Å². The van der Waals surface area contributed by atoms with E-state index in [2.05, 4.69) is 37.3 Å². The third kappa shape index (κ3) is 3.96. The van der Waals surface area contributed by atoms with Crippen molar-refractivity contribution in [1.29, 1.82) is 0 Å². The zero-order valence-corrected chi connectivity index (χ0v) is 12.9. The smallest absolute Gasteiger partial charge is 0.157 e. The van der Waals surface area contributed by atoms with Gasteiger partial charge in [-0.1, -0.05) is 31.2 Å². The highest BCUT2D eigenvalue weighted by Gasteiger charge is 2.23. The minimum atomic E-state index is 1.03. The molecule has 3 nitrogen and oxygen atoms in total. The highest BCUT2D eigenvalue weighted by Crippen LogP contribution is 2.03. The summed E-state index contributed by atoms with van der Waals surface area (Å²) in [7, 11) is 0. The third-order valence-corrected chi connectivity index (χ3v) is 4.55. The number of piperazine rings is 1. The fourth-order valence-corrected chi connectivity index (χ4v) is 3.15. The van der Waals surface area contributed by atoms with Crippen LogP contribution in [-0.4, -0.2) is 26.2 Å². The Morgan fingerprint density at radius 3 is 2.05 bits per heavy atom. The summed E-state index contributed by atoms with van der Waals surface area (Å²) in [5.41, 5.74) is 2.90.